The van der Waals surface area contributed by atoms with Crippen molar-refractivity contribution < 1.29 is 9.59 Å². The highest BCUT2D eigenvalue weighted by atomic mass is 32.1. The van der Waals surface area contributed by atoms with Crippen LogP contribution < -0.4 is 15.5 Å². The number of fused-ring (bicyclic) bond motifs is 1. The smallest absolute Gasteiger partial charge is 0.281 e. The first kappa shape index (κ1) is 22.3. The molecule has 1 aliphatic carbocycles. The van der Waals surface area contributed by atoms with E-state index in [0.29, 0.717) is 10.8 Å². The Kier molecular flexibility index (Phi) is 5.96. The Bertz CT molecular complexity index is 1330. The summed E-state index contributed by atoms with van der Waals surface area (Å²) in [6.07, 6.45) is 8.22. The Labute approximate surface area is 204 Å². The molecule has 2 aromatic carbocycles. The van der Waals surface area contributed by atoms with Gasteiger partial charge < -0.3 is 15.2 Å². The van der Waals surface area contributed by atoms with Crippen LogP contribution in [0, 0.1) is 13.8 Å². The van der Waals surface area contributed by atoms with Crippen LogP contribution in [0.5, 0.6) is 0 Å². The molecular formula is C27H28N4O2S. The van der Waals surface area contributed by atoms with Gasteiger partial charge in [0.1, 0.15) is 12.2 Å². The summed E-state index contributed by atoms with van der Waals surface area (Å²) in [6, 6.07) is 14.1. The van der Waals surface area contributed by atoms with Crippen LogP contribution in [-0.4, -0.2) is 27.5 Å². The molecule has 1 aliphatic heterocycles. The number of nitrogens with one attached hydrogen (secondary N) is 2. The first-order valence-corrected chi connectivity index (χ1v) is 12.1. The molecule has 2 N–H and O–H groups in total. The van der Waals surface area contributed by atoms with E-state index in [1.165, 1.54) is 17.7 Å². The molecule has 174 valence electrons. The molecule has 1 aromatic heterocycles. The van der Waals surface area contributed by atoms with Crippen LogP contribution in [0.2, 0.25) is 0 Å². The van der Waals surface area contributed by atoms with Gasteiger partial charge in [-0.3, -0.25) is 14.5 Å². The Morgan fingerprint density at radius 1 is 1.15 bits per heavy atom. The third-order valence-corrected chi connectivity index (χ3v) is 7.06. The maximum atomic E-state index is 13.3. The standard InChI is InChI=1S/C27H28N4O2S/c1-17-11-12-21(13-18(17)2)31-26(33)23(29-27(31)34)14-19-15-30(24-10-6-5-9-22(19)24)16-25(32)28-20-7-3-4-8-20/h5-6,9-15,20H,3-4,7-8,16H2,1-2H3,(H,28,32)(H,29,34)/b23-14-. The minimum absolute atomic E-state index is 0.0176. The molecule has 1 saturated heterocycles. The van der Waals surface area contributed by atoms with Gasteiger partial charge in [0.15, 0.2) is 5.11 Å². The molecule has 2 fully saturated rings. The average molecular weight is 473 g/mol. The topological polar surface area (TPSA) is 66.4 Å². The number of benzene rings is 2. The summed E-state index contributed by atoms with van der Waals surface area (Å²) in [5.41, 5.74) is 5.25. The molecular weight excluding hydrogens is 444 g/mol. The van der Waals surface area contributed by atoms with E-state index in [-0.39, 0.29) is 24.4 Å². The van der Waals surface area contributed by atoms with Crippen molar-refractivity contribution in [2.45, 2.75) is 52.1 Å². The Morgan fingerprint density at radius 3 is 2.68 bits per heavy atom. The summed E-state index contributed by atoms with van der Waals surface area (Å²) in [5.74, 6) is -0.173. The lowest BCUT2D eigenvalue weighted by molar-refractivity contribution is -0.122. The molecule has 0 bridgehead atoms. The highest BCUT2D eigenvalue weighted by Crippen LogP contribution is 2.28. The highest BCUT2D eigenvalue weighted by Gasteiger charge is 2.32. The fourth-order valence-electron chi connectivity index (χ4n) is 4.81. The maximum absolute atomic E-state index is 13.3. The van der Waals surface area contributed by atoms with E-state index < -0.39 is 0 Å². The van der Waals surface area contributed by atoms with Gasteiger partial charge in [-0.2, -0.15) is 0 Å². The van der Waals surface area contributed by atoms with Crippen molar-refractivity contribution in [3.8, 4) is 0 Å². The van der Waals surface area contributed by atoms with Gasteiger partial charge in [0.25, 0.3) is 5.91 Å². The molecule has 2 aliphatic rings. The van der Waals surface area contributed by atoms with E-state index in [1.807, 2.05) is 73.2 Å². The number of aryl methyl sites for hydroxylation is 2. The molecule has 34 heavy (non-hydrogen) atoms. The molecule has 0 unspecified atom stereocenters. The van der Waals surface area contributed by atoms with Crippen molar-refractivity contribution in [1.82, 2.24) is 15.2 Å². The molecule has 2 amide bonds. The first-order chi connectivity index (χ1) is 16.4. The van der Waals surface area contributed by atoms with Gasteiger partial charge in [-0.15, -0.1) is 0 Å². The summed E-state index contributed by atoms with van der Waals surface area (Å²) in [6.45, 7) is 4.30. The summed E-state index contributed by atoms with van der Waals surface area (Å²) in [7, 11) is 0. The minimum Gasteiger partial charge on any atom is -0.352 e. The van der Waals surface area contributed by atoms with Crippen LogP contribution in [0.4, 0.5) is 5.69 Å². The third kappa shape index (κ3) is 4.23. The monoisotopic (exact) mass is 472 g/mol. The molecule has 3 aromatic rings. The Balaban J connectivity index is 1.43. The Hall–Kier alpha value is -3.45. The van der Waals surface area contributed by atoms with Gasteiger partial charge in [-0.05, 0) is 74.3 Å². The van der Waals surface area contributed by atoms with Crippen molar-refractivity contribution >= 4 is 51.8 Å². The summed E-state index contributed by atoms with van der Waals surface area (Å²) < 4.78 is 1.95. The second-order valence-electron chi connectivity index (χ2n) is 9.18. The number of para-hydroxylation sites is 1. The van der Waals surface area contributed by atoms with Crippen molar-refractivity contribution in [3.05, 3.63) is 71.0 Å². The highest BCUT2D eigenvalue weighted by molar-refractivity contribution is 7.80. The number of rotatable bonds is 5. The van der Waals surface area contributed by atoms with E-state index in [9.17, 15) is 9.59 Å². The number of hydrogen-bond acceptors (Lipinski definition) is 3. The van der Waals surface area contributed by atoms with E-state index in [4.69, 9.17) is 12.2 Å². The number of carbonyl (C=O) groups is 2. The van der Waals surface area contributed by atoms with Crippen molar-refractivity contribution in [2.24, 2.45) is 0 Å². The number of hydrogen-bond donors (Lipinski definition) is 2. The van der Waals surface area contributed by atoms with Gasteiger partial charge in [0.2, 0.25) is 5.91 Å². The number of thiocarbonyl (C=S) groups is 1. The molecule has 2 heterocycles. The van der Waals surface area contributed by atoms with Gasteiger partial charge in [0, 0.05) is 28.7 Å². The average Bonchev–Trinajstić information content (AvgIpc) is 3.50. The fraction of sp³-hybridized carbons (Fsp3) is 0.296. The second-order valence-corrected chi connectivity index (χ2v) is 9.56. The lowest BCUT2D eigenvalue weighted by atomic mass is 10.1. The molecule has 1 saturated carbocycles. The molecule has 0 atom stereocenters. The van der Waals surface area contributed by atoms with Gasteiger partial charge in [0.05, 0.1) is 5.69 Å². The van der Waals surface area contributed by atoms with Crippen LogP contribution in [0.25, 0.3) is 17.0 Å². The lowest BCUT2D eigenvalue weighted by Gasteiger charge is -2.15. The van der Waals surface area contributed by atoms with Crippen LogP contribution in [0.3, 0.4) is 0 Å². The van der Waals surface area contributed by atoms with E-state index in [1.54, 1.807) is 0 Å². The van der Waals surface area contributed by atoms with Gasteiger partial charge >= 0.3 is 0 Å². The molecule has 6 nitrogen and oxygen atoms in total. The zero-order valence-corrected chi connectivity index (χ0v) is 20.2. The van der Waals surface area contributed by atoms with Crippen molar-refractivity contribution in [3.63, 3.8) is 0 Å². The second kappa shape index (κ2) is 9.06. The minimum atomic E-state index is -0.191. The fourth-order valence-corrected chi connectivity index (χ4v) is 5.11. The SMILES string of the molecule is Cc1ccc(N2C(=O)/C(=C/c3cn(CC(=O)NC4CCCC4)c4ccccc34)NC2=S)cc1C. The predicted octanol–water partition coefficient (Wildman–Crippen LogP) is 4.58. The molecule has 5 rings (SSSR count). The van der Waals surface area contributed by atoms with Gasteiger partial charge in [-0.1, -0.05) is 37.1 Å². The summed E-state index contributed by atoms with van der Waals surface area (Å²) in [5, 5.41) is 7.57. The summed E-state index contributed by atoms with van der Waals surface area (Å²) in [4.78, 5) is 27.5. The van der Waals surface area contributed by atoms with Crippen LogP contribution in [0.15, 0.2) is 54.4 Å². The predicted molar refractivity (Wildman–Crippen MR) is 139 cm³/mol. The quantitative estimate of drug-likeness (QED) is 0.421. The summed E-state index contributed by atoms with van der Waals surface area (Å²) >= 11 is 5.49. The molecule has 0 spiro atoms. The molecule has 7 heteroatoms. The number of anilines is 1. The first-order valence-electron chi connectivity index (χ1n) is 11.7. The van der Waals surface area contributed by atoms with E-state index >= 15 is 0 Å². The van der Waals surface area contributed by atoms with Crippen molar-refractivity contribution in [1.29, 1.82) is 0 Å². The third-order valence-electron chi connectivity index (χ3n) is 6.78. The van der Waals surface area contributed by atoms with Crippen LogP contribution in [0.1, 0.15) is 42.4 Å². The maximum Gasteiger partial charge on any atom is 0.281 e. The zero-order valence-electron chi connectivity index (χ0n) is 19.4. The molecule has 0 radical (unpaired) electrons. The Morgan fingerprint density at radius 2 is 1.91 bits per heavy atom. The van der Waals surface area contributed by atoms with Crippen LogP contribution in [-0.2, 0) is 16.1 Å². The number of nitrogens with zero attached hydrogens (tertiary/aromatic N) is 2. The van der Waals surface area contributed by atoms with Crippen molar-refractivity contribution in [2.75, 3.05) is 4.90 Å². The van der Waals surface area contributed by atoms with E-state index in [0.717, 1.165) is 46.1 Å². The van der Waals surface area contributed by atoms with E-state index in [2.05, 4.69) is 10.6 Å². The number of amides is 2. The van der Waals surface area contributed by atoms with Gasteiger partial charge in [-0.25, -0.2) is 0 Å². The largest absolute Gasteiger partial charge is 0.352 e. The number of aromatic nitrogens is 1. The lowest BCUT2D eigenvalue weighted by Crippen LogP contribution is -2.35. The normalized spacial score (nSPS) is 17.7. The number of carbonyl (C=O) groups excluding carboxylic acids is 2. The zero-order chi connectivity index (χ0) is 23.8. The van der Waals surface area contributed by atoms with Crippen LogP contribution >= 0.6 is 12.2 Å².